The molecule has 78 valence electrons. The van der Waals surface area contributed by atoms with E-state index >= 15 is 0 Å². The Labute approximate surface area is 87.5 Å². The Kier molecular flexibility index (Phi) is 3.63. The highest BCUT2D eigenvalue weighted by Crippen LogP contribution is 2.15. The standard InChI is InChI=1S/C10H11N3O2/c1-2-15-10(14)3-8-7(4-11)5-13-6-9(8)12/h5-6H,2-3,12H2,1H3. The van der Waals surface area contributed by atoms with Crippen molar-refractivity contribution in [2.75, 3.05) is 12.3 Å². The number of hydrogen-bond acceptors (Lipinski definition) is 5. The molecule has 0 aliphatic heterocycles. The number of rotatable bonds is 3. The molecule has 0 aliphatic rings. The molecule has 5 heteroatoms. The van der Waals surface area contributed by atoms with E-state index < -0.39 is 5.97 Å². The van der Waals surface area contributed by atoms with Crippen LogP contribution < -0.4 is 5.73 Å². The van der Waals surface area contributed by atoms with Crippen LogP contribution in [0.4, 0.5) is 5.69 Å². The Morgan fingerprint density at radius 2 is 2.40 bits per heavy atom. The average Bonchev–Trinajstić information content (AvgIpc) is 2.21. The van der Waals surface area contributed by atoms with Gasteiger partial charge in [0.2, 0.25) is 0 Å². The van der Waals surface area contributed by atoms with E-state index in [1.54, 1.807) is 6.92 Å². The molecule has 0 amide bonds. The lowest BCUT2D eigenvalue weighted by molar-refractivity contribution is -0.142. The summed E-state index contributed by atoms with van der Waals surface area (Å²) >= 11 is 0. The number of nitrogen functional groups attached to an aromatic ring is 1. The topological polar surface area (TPSA) is 89.0 Å². The van der Waals surface area contributed by atoms with Gasteiger partial charge in [-0.15, -0.1) is 0 Å². The molecule has 0 atom stereocenters. The van der Waals surface area contributed by atoms with Crippen molar-refractivity contribution in [2.24, 2.45) is 0 Å². The third-order valence-corrected chi connectivity index (χ3v) is 1.84. The second-order valence-electron chi connectivity index (χ2n) is 2.85. The van der Waals surface area contributed by atoms with Crippen LogP contribution in [0, 0.1) is 11.3 Å². The summed E-state index contributed by atoms with van der Waals surface area (Å²) in [6.07, 6.45) is 2.80. The van der Waals surface area contributed by atoms with Crippen molar-refractivity contribution in [1.29, 1.82) is 5.26 Å². The predicted molar refractivity (Wildman–Crippen MR) is 53.7 cm³/mol. The molecule has 2 N–H and O–H groups in total. The Morgan fingerprint density at radius 1 is 1.67 bits per heavy atom. The van der Waals surface area contributed by atoms with E-state index in [0.717, 1.165) is 0 Å². The minimum atomic E-state index is -0.396. The number of carbonyl (C=O) groups excluding carboxylic acids is 1. The second kappa shape index (κ2) is 4.96. The van der Waals surface area contributed by atoms with Gasteiger partial charge < -0.3 is 10.5 Å². The summed E-state index contributed by atoms with van der Waals surface area (Å²) in [5.41, 5.74) is 6.74. The van der Waals surface area contributed by atoms with Crippen LogP contribution in [0.2, 0.25) is 0 Å². The lowest BCUT2D eigenvalue weighted by Crippen LogP contribution is -2.11. The molecule has 1 heterocycles. The summed E-state index contributed by atoms with van der Waals surface area (Å²) in [6.45, 7) is 2.03. The van der Waals surface area contributed by atoms with Gasteiger partial charge in [-0.1, -0.05) is 0 Å². The molecular formula is C10H11N3O2. The van der Waals surface area contributed by atoms with Crippen molar-refractivity contribution >= 4 is 11.7 Å². The van der Waals surface area contributed by atoms with Crippen molar-refractivity contribution < 1.29 is 9.53 Å². The molecule has 0 unspecified atom stereocenters. The van der Waals surface area contributed by atoms with E-state index in [-0.39, 0.29) is 6.42 Å². The zero-order valence-electron chi connectivity index (χ0n) is 8.36. The number of anilines is 1. The van der Waals surface area contributed by atoms with E-state index in [1.807, 2.05) is 6.07 Å². The molecule has 1 rings (SSSR count). The Hall–Kier alpha value is -2.09. The van der Waals surface area contributed by atoms with Crippen LogP contribution in [0.5, 0.6) is 0 Å². The summed E-state index contributed by atoms with van der Waals surface area (Å²) in [6, 6.07) is 1.93. The van der Waals surface area contributed by atoms with Gasteiger partial charge in [-0.2, -0.15) is 5.26 Å². The van der Waals surface area contributed by atoms with Crippen LogP contribution in [-0.2, 0) is 16.0 Å². The number of carbonyl (C=O) groups is 1. The first-order valence-electron chi connectivity index (χ1n) is 4.47. The van der Waals surface area contributed by atoms with Gasteiger partial charge >= 0.3 is 5.97 Å². The Balaban J connectivity index is 2.94. The van der Waals surface area contributed by atoms with Gasteiger partial charge in [0, 0.05) is 11.8 Å². The number of pyridine rings is 1. The van der Waals surface area contributed by atoms with Gasteiger partial charge in [0.15, 0.2) is 0 Å². The monoisotopic (exact) mass is 205 g/mol. The van der Waals surface area contributed by atoms with Crippen LogP contribution in [0.1, 0.15) is 18.1 Å². The largest absolute Gasteiger partial charge is 0.466 e. The molecule has 0 spiro atoms. The normalized spacial score (nSPS) is 9.33. The first-order chi connectivity index (χ1) is 7.19. The first kappa shape index (κ1) is 11.0. The van der Waals surface area contributed by atoms with Crippen LogP contribution in [-0.4, -0.2) is 17.6 Å². The molecule has 15 heavy (non-hydrogen) atoms. The van der Waals surface area contributed by atoms with E-state index in [4.69, 9.17) is 15.7 Å². The van der Waals surface area contributed by atoms with Gasteiger partial charge in [0.25, 0.3) is 0 Å². The van der Waals surface area contributed by atoms with Gasteiger partial charge in [-0.05, 0) is 6.92 Å². The third kappa shape index (κ3) is 2.68. The fraction of sp³-hybridized carbons (Fsp3) is 0.300. The average molecular weight is 205 g/mol. The second-order valence-corrected chi connectivity index (χ2v) is 2.85. The SMILES string of the molecule is CCOC(=O)Cc1c(N)cncc1C#N. The number of nitriles is 1. The van der Waals surface area contributed by atoms with Gasteiger partial charge in [-0.3, -0.25) is 9.78 Å². The summed E-state index contributed by atoms with van der Waals surface area (Å²) < 4.78 is 4.78. The molecule has 5 nitrogen and oxygen atoms in total. The summed E-state index contributed by atoms with van der Waals surface area (Å²) in [5, 5.41) is 8.79. The zero-order valence-corrected chi connectivity index (χ0v) is 8.36. The lowest BCUT2D eigenvalue weighted by Gasteiger charge is -2.06. The van der Waals surface area contributed by atoms with Crippen LogP contribution in [0.3, 0.4) is 0 Å². The fourth-order valence-corrected chi connectivity index (χ4v) is 1.15. The van der Waals surface area contributed by atoms with Crippen molar-refractivity contribution in [1.82, 2.24) is 4.98 Å². The van der Waals surface area contributed by atoms with Crippen molar-refractivity contribution in [3.63, 3.8) is 0 Å². The molecule has 0 saturated heterocycles. The Bertz CT molecular complexity index is 410. The third-order valence-electron chi connectivity index (χ3n) is 1.84. The molecule has 0 aromatic carbocycles. The van der Waals surface area contributed by atoms with Gasteiger partial charge in [0.1, 0.15) is 6.07 Å². The number of nitrogens with two attached hydrogens (primary N) is 1. The maximum atomic E-state index is 11.2. The van der Waals surface area contributed by atoms with E-state index in [1.165, 1.54) is 12.4 Å². The fourth-order valence-electron chi connectivity index (χ4n) is 1.15. The highest BCUT2D eigenvalue weighted by atomic mass is 16.5. The smallest absolute Gasteiger partial charge is 0.310 e. The number of aromatic nitrogens is 1. The maximum absolute atomic E-state index is 11.2. The lowest BCUT2D eigenvalue weighted by atomic mass is 10.1. The molecular weight excluding hydrogens is 194 g/mol. The van der Waals surface area contributed by atoms with Crippen LogP contribution in [0.25, 0.3) is 0 Å². The molecule has 0 fully saturated rings. The number of esters is 1. The highest BCUT2D eigenvalue weighted by molar-refractivity contribution is 5.76. The number of nitrogens with zero attached hydrogens (tertiary/aromatic N) is 2. The summed E-state index contributed by atoms with van der Waals surface area (Å²) in [5.74, 6) is -0.396. The molecule has 0 radical (unpaired) electrons. The Morgan fingerprint density at radius 3 is 3.00 bits per heavy atom. The van der Waals surface area contributed by atoms with E-state index in [9.17, 15) is 4.79 Å². The summed E-state index contributed by atoms with van der Waals surface area (Å²) in [4.78, 5) is 15.0. The first-order valence-corrected chi connectivity index (χ1v) is 4.47. The van der Waals surface area contributed by atoms with E-state index in [2.05, 4.69) is 4.98 Å². The van der Waals surface area contributed by atoms with Gasteiger partial charge in [-0.25, -0.2) is 0 Å². The van der Waals surface area contributed by atoms with Crippen LogP contribution in [0.15, 0.2) is 12.4 Å². The van der Waals surface area contributed by atoms with Crippen molar-refractivity contribution in [3.05, 3.63) is 23.5 Å². The molecule has 1 aromatic heterocycles. The highest BCUT2D eigenvalue weighted by Gasteiger charge is 2.12. The van der Waals surface area contributed by atoms with Crippen molar-refractivity contribution in [2.45, 2.75) is 13.3 Å². The van der Waals surface area contributed by atoms with Crippen LogP contribution >= 0.6 is 0 Å². The maximum Gasteiger partial charge on any atom is 0.310 e. The minimum absolute atomic E-state index is 0.00505. The quantitative estimate of drug-likeness (QED) is 0.731. The molecule has 0 bridgehead atoms. The molecule has 0 aliphatic carbocycles. The zero-order chi connectivity index (χ0) is 11.3. The number of hydrogen-bond donors (Lipinski definition) is 1. The van der Waals surface area contributed by atoms with Crippen molar-refractivity contribution in [3.8, 4) is 6.07 Å². The van der Waals surface area contributed by atoms with Gasteiger partial charge in [0.05, 0.1) is 30.5 Å². The van der Waals surface area contributed by atoms with E-state index in [0.29, 0.717) is 23.4 Å². The minimum Gasteiger partial charge on any atom is -0.466 e. The number of ether oxygens (including phenoxy) is 1. The predicted octanol–water partition coefficient (Wildman–Crippen LogP) is 0.641. The molecule has 1 aromatic rings. The molecule has 0 saturated carbocycles. The summed E-state index contributed by atoms with van der Waals surface area (Å²) in [7, 11) is 0.